The smallest absolute Gasteiger partial charge is 0.251 e. The van der Waals surface area contributed by atoms with Crippen molar-refractivity contribution in [3.05, 3.63) is 63.6 Å². The van der Waals surface area contributed by atoms with Crippen molar-refractivity contribution in [3.8, 4) is 5.75 Å². The zero-order chi connectivity index (χ0) is 19.4. The van der Waals surface area contributed by atoms with Gasteiger partial charge >= 0.3 is 0 Å². The van der Waals surface area contributed by atoms with Crippen LogP contribution in [0.25, 0.3) is 0 Å². The van der Waals surface area contributed by atoms with Crippen LogP contribution in [-0.4, -0.2) is 36.9 Å². The van der Waals surface area contributed by atoms with E-state index in [9.17, 15) is 9.59 Å². The molecule has 0 unspecified atom stereocenters. The molecule has 1 fully saturated rings. The summed E-state index contributed by atoms with van der Waals surface area (Å²) in [6.45, 7) is 0.615. The summed E-state index contributed by atoms with van der Waals surface area (Å²) in [5.41, 5.74) is 1.43. The molecule has 0 saturated carbocycles. The van der Waals surface area contributed by atoms with E-state index in [1.165, 1.54) is 6.07 Å². The quantitative estimate of drug-likeness (QED) is 0.812. The van der Waals surface area contributed by atoms with E-state index in [0.29, 0.717) is 22.2 Å². The number of halogens is 2. The van der Waals surface area contributed by atoms with Gasteiger partial charge in [-0.15, -0.1) is 0 Å². The molecule has 7 heteroatoms. The van der Waals surface area contributed by atoms with Crippen molar-refractivity contribution in [1.29, 1.82) is 0 Å². The highest BCUT2D eigenvalue weighted by molar-refractivity contribution is 6.42. The van der Waals surface area contributed by atoms with Gasteiger partial charge in [-0.3, -0.25) is 9.59 Å². The Labute approximate surface area is 168 Å². The van der Waals surface area contributed by atoms with Gasteiger partial charge in [0.25, 0.3) is 5.91 Å². The lowest BCUT2D eigenvalue weighted by Crippen LogP contribution is -2.39. The Morgan fingerprint density at radius 1 is 1.15 bits per heavy atom. The van der Waals surface area contributed by atoms with Crippen LogP contribution in [0.3, 0.4) is 0 Å². The summed E-state index contributed by atoms with van der Waals surface area (Å²) in [5, 5.41) is 3.34. The molecule has 2 amide bonds. The number of methoxy groups -OCH3 is 1. The van der Waals surface area contributed by atoms with Crippen molar-refractivity contribution >= 4 is 35.0 Å². The average molecular weight is 407 g/mol. The summed E-state index contributed by atoms with van der Waals surface area (Å²) in [5.74, 6) is 0.312. The molecule has 5 nitrogen and oxygen atoms in total. The van der Waals surface area contributed by atoms with E-state index >= 15 is 0 Å². The number of nitrogens with one attached hydrogen (secondary N) is 1. The molecule has 0 aromatic heterocycles. The van der Waals surface area contributed by atoms with E-state index < -0.39 is 0 Å². The minimum absolute atomic E-state index is 0.0188. The lowest BCUT2D eigenvalue weighted by molar-refractivity contribution is -0.131. The third kappa shape index (κ3) is 4.54. The molecule has 1 heterocycles. The highest BCUT2D eigenvalue weighted by atomic mass is 35.5. The first-order chi connectivity index (χ1) is 13.0. The van der Waals surface area contributed by atoms with Crippen LogP contribution in [0.15, 0.2) is 42.5 Å². The Hall–Kier alpha value is -2.24. The second kappa shape index (κ2) is 8.63. The zero-order valence-electron chi connectivity index (χ0n) is 14.9. The molecule has 1 aliphatic heterocycles. The van der Waals surface area contributed by atoms with Crippen molar-refractivity contribution in [3.63, 3.8) is 0 Å². The number of benzene rings is 2. The van der Waals surface area contributed by atoms with E-state index in [2.05, 4.69) is 5.32 Å². The van der Waals surface area contributed by atoms with Gasteiger partial charge in [-0.25, -0.2) is 0 Å². The monoisotopic (exact) mass is 406 g/mol. The summed E-state index contributed by atoms with van der Waals surface area (Å²) < 4.78 is 5.18. The molecular weight excluding hydrogens is 387 g/mol. The number of hydrogen-bond donors (Lipinski definition) is 1. The fraction of sp³-hybridized carbons (Fsp3) is 0.300. The lowest BCUT2D eigenvalue weighted by Gasteiger charge is -2.25. The minimum Gasteiger partial charge on any atom is -0.497 e. The number of hydrogen-bond acceptors (Lipinski definition) is 3. The topological polar surface area (TPSA) is 58.6 Å². The summed E-state index contributed by atoms with van der Waals surface area (Å²) >= 11 is 11.8. The van der Waals surface area contributed by atoms with Crippen LogP contribution < -0.4 is 10.1 Å². The van der Waals surface area contributed by atoms with E-state index in [1.807, 2.05) is 29.2 Å². The molecule has 1 N–H and O–H groups in total. The maximum atomic E-state index is 12.6. The molecule has 1 saturated heterocycles. The van der Waals surface area contributed by atoms with Crippen LogP contribution in [-0.2, 0) is 4.79 Å². The largest absolute Gasteiger partial charge is 0.497 e. The molecule has 0 spiro atoms. The molecule has 2 aromatic carbocycles. The predicted octanol–water partition coefficient (Wildman–Crippen LogP) is 4.10. The Bertz CT molecular complexity index is 840. The Morgan fingerprint density at radius 2 is 1.89 bits per heavy atom. The summed E-state index contributed by atoms with van der Waals surface area (Å²) in [6.07, 6.45) is 1.84. The van der Waals surface area contributed by atoms with Crippen LogP contribution in [0.4, 0.5) is 0 Å². The molecule has 1 atom stereocenters. The molecule has 27 heavy (non-hydrogen) atoms. The van der Waals surface area contributed by atoms with Gasteiger partial charge < -0.3 is 15.0 Å². The number of carbonyl (C=O) groups excluding carboxylic acids is 2. The normalized spacial score (nSPS) is 16.3. The van der Waals surface area contributed by atoms with Crippen LogP contribution in [0.5, 0.6) is 5.75 Å². The second-order valence-electron chi connectivity index (χ2n) is 6.33. The van der Waals surface area contributed by atoms with Crippen molar-refractivity contribution in [2.24, 2.45) is 0 Å². The van der Waals surface area contributed by atoms with Gasteiger partial charge in [0.15, 0.2) is 0 Å². The molecular formula is C20H20Cl2N2O3. The first-order valence-corrected chi connectivity index (χ1v) is 9.42. The van der Waals surface area contributed by atoms with Crippen LogP contribution >= 0.6 is 23.2 Å². The third-order valence-corrected chi connectivity index (χ3v) is 5.39. The molecule has 0 aliphatic carbocycles. The Morgan fingerprint density at radius 3 is 2.56 bits per heavy atom. The van der Waals surface area contributed by atoms with Crippen molar-refractivity contribution in [2.45, 2.75) is 18.9 Å². The number of likely N-dealkylation sites (tertiary alicyclic amines) is 1. The van der Waals surface area contributed by atoms with E-state index in [1.54, 1.807) is 19.2 Å². The molecule has 0 radical (unpaired) electrons. The van der Waals surface area contributed by atoms with Crippen LogP contribution in [0.1, 0.15) is 34.8 Å². The van der Waals surface area contributed by atoms with E-state index in [4.69, 9.17) is 27.9 Å². The van der Waals surface area contributed by atoms with Gasteiger partial charge in [-0.1, -0.05) is 35.3 Å². The van der Waals surface area contributed by atoms with E-state index in [0.717, 1.165) is 24.2 Å². The van der Waals surface area contributed by atoms with Crippen molar-refractivity contribution in [2.75, 3.05) is 20.2 Å². The molecule has 2 aromatic rings. The summed E-state index contributed by atoms with van der Waals surface area (Å²) in [4.78, 5) is 26.7. The number of carbonyl (C=O) groups is 2. The molecule has 1 aliphatic rings. The minimum atomic E-state index is -0.359. The average Bonchev–Trinajstić information content (AvgIpc) is 3.18. The first-order valence-electron chi connectivity index (χ1n) is 8.66. The van der Waals surface area contributed by atoms with Crippen molar-refractivity contribution < 1.29 is 14.3 Å². The third-order valence-electron chi connectivity index (χ3n) is 4.66. The second-order valence-corrected chi connectivity index (χ2v) is 7.14. The maximum absolute atomic E-state index is 12.6. The van der Waals surface area contributed by atoms with Gasteiger partial charge in [-0.05, 0) is 48.7 Å². The number of ether oxygens (including phenoxy) is 1. The summed E-state index contributed by atoms with van der Waals surface area (Å²) in [6, 6.07) is 12.4. The Kier molecular flexibility index (Phi) is 6.24. The molecule has 3 rings (SSSR count). The highest BCUT2D eigenvalue weighted by Gasteiger charge is 2.29. The van der Waals surface area contributed by atoms with Gasteiger partial charge in [0.2, 0.25) is 5.91 Å². The van der Waals surface area contributed by atoms with E-state index in [-0.39, 0.29) is 24.4 Å². The lowest BCUT2D eigenvalue weighted by atomic mass is 10.0. The van der Waals surface area contributed by atoms with Gasteiger partial charge in [0.1, 0.15) is 5.75 Å². The SMILES string of the molecule is COc1ccc([C@H]2CCCN2C(=O)CNC(=O)c2ccc(Cl)c(Cl)c2)cc1. The highest BCUT2D eigenvalue weighted by Crippen LogP contribution is 2.32. The maximum Gasteiger partial charge on any atom is 0.251 e. The van der Waals surface area contributed by atoms with Crippen LogP contribution in [0.2, 0.25) is 10.0 Å². The Balaban J connectivity index is 1.62. The predicted molar refractivity (Wildman–Crippen MR) is 105 cm³/mol. The number of rotatable bonds is 5. The van der Waals surface area contributed by atoms with Crippen molar-refractivity contribution in [1.82, 2.24) is 10.2 Å². The fourth-order valence-corrected chi connectivity index (χ4v) is 3.53. The first kappa shape index (κ1) is 19.5. The van der Waals surface area contributed by atoms with Gasteiger partial charge in [0, 0.05) is 12.1 Å². The molecule has 0 bridgehead atoms. The number of amides is 2. The van der Waals surface area contributed by atoms with Gasteiger partial charge in [0.05, 0.1) is 29.7 Å². The fourth-order valence-electron chi connectivity index (χ4n) is 3.23. The standard InChI is InChI=1S/C20H20Cl2N2O3/c1-27-15-7-4-13(5-8-15)18-3-2-10-24(18)19(25)12-23-20(26)14-6-9-16(21)17(22)11-14/h4-9,11,18H,2-3,10,12H2,1H3,(H,23,26)/t18-/m1/s1. The molecule has 142 valence electrons. The van der Waals surface area contributed by atoms with Crippen LogP contribution in [0, 0.1) is 0 Å². The summed E-state index contributed by atoms with van der Waals surface area (Å²) in [7, 11) is 1.62. The number of nitrogens with zero attached hydrogens (tertiary/aromatic N) is 1. The van der Waals surface area contributed by atoms with Gasteiger partial charge in [-0.2, -0.15) is 0 Å². The zero-order valence-corrected chi connectivity index (χ0v) is 16.4.